The standard InChI is InChI=1S/C10H21N/c1-4-10(3,5-2)11-8-6-7-9-11/h4-9H2,1-3H3. The fraction of sp³-hybridized carbons (Fsp3) is 1.00. The third kappa shape index (κ3) is 1.76. The van der Waals surface area contributed by atoms with Crippen molar-refractivity contribution in [2.24, 2.45) is 0 Å². The molecular formula is C10H21N. The lowest BCUT2D eigenvalue weighted by atomic mass is 9.94. The zero-order valence-corrected chi connectivity index (χ0v) is 8.19. The first kappa shape index (κ1) is 9.05. The molecule has 11 heavy (non-hydrogen) atoms. The van der Waals surface area contributed by atoms with Gasteiger partial charge in [0.05, 0.1) is 0 Å². The van der Waals surface area contributed by atoms with E-state index in [1.807, 2.05) is 0 Å². The van der Waals surface area contributed by atoms with Crippen molar-refractivity contribution in [3.05, 3.63) is 0 Å². The van der Waals surface area contributed by atoms with Gasteiger partial charge in [-0.05, 0) is 45.7 Å². The number of rotatable bonds is 3. The Kier molecular flexibility index (Phi) is 2.94. The first-order valence-electron chi connectivity index (χ1n) is 4.98. The molecule has 0 aromatic heterocycles. The van der Waals surface area contributed by atoms with E-state index < -0.39 is 0 Å². The molecule has 0 spiro atoms. The molecule has 0 bridgehead atoms. The number of hydrogen-bond acceptors (Lipinski definition) is 1. The van der Waals surface area contributed by atoms with Gasteiger partial charge in [-0.25, -0.2) is 0 Å². The summed E-state index contributed by atoms with van der Waals surface area (Å²) in [5.74, 6) is 0. The van der Waals surface area contributed by atoms with E-state index in [0.717, 1.165) is 0 Å². The van der Waals surface area contributed by atoms with Crippen LogP contribution in [0.5, 0.6) is 0 Å². The van der Waals surface area contributed by atoms with Gasteiger partial charge in [-0.1, -0.05) is 13.8 Å². The highest BCUT2D eigenvalue weighted by Crippen LogP contribution is 2.26. The van der Waals surface area contributed by atoms with E-state index in [4.69, 9.17) is 0 Å². The van der Waals surface area contributed by atoms with Crippen LogP contribution in [0.1, 0.15) is 46.5 Å². The highest BCUT2D eigenvalue weighted by Gasteiger charge is 2.29. The molecule has 66 valence electrons. The summed E-state index contributed by atoms with van der Waals surface area (Å²) in [4.78, 5) is 2.66. The average molecular weight is 155 g/mol. The van der Waals surface area contributed by atoms with E-state index in [2.05, 4.69) is 25.7 Å². The van der Waals surface area contributed by atoms with E-state index in [1.165, 1.54) is 38.8 Å². The lowest BCUT2D eigenvalue weighted by molar-refractivity contribution is 0.125. The molecule has 1 aliphatic rings. The van der Waals surface area contributed by atoms with Gasteiger partial charge in [0.15, 0.2) is 0 Å². The molecule has 0 unspecified atom stereocenters. The van der Waals surface area contributed by atoms with Crippen LogP contribution in [0.15, 0.2) is 0 Å². The third-order valence-electron chi connectivity index (χ3n) is 3.39. The Hall–Kier alpha value is -0.0400. The maximum absolute atomic E-state index is 2.66. The zero-order valence-electron chi connectivity index (χ0n) is 8.19. The number of likely N-dealkylation sites (tertiary alicyclic amines) is 1. The molecule has 0 atom stereocenters. The quantitative estimate of drug-likeness (QED) is 0.605. The summed E-state index contributed by atoms with van der Waals surface area (Å²) in [5.41, 5.74) is 0.497. The van der Waals surface area contributed by atoms with E-state index in [-0.39, 0.29) is 0 Å². The molecule has 0 aromatic carbocycles. The van der Waals surface area contributed by atoms with Crippen molar-refractivity contribution in [3.63, 3.8) is 0 Å². The molecule has 0 saturated carbocycles. The van der Waals surface area contributed by atoms with Crippen molar-refractivity contribution in [2.75, 3.05) is 13.1 Å². The zero-order chi connectivity index (χ0) is 8.32. The predicted molar refractivity (Wildman–Crippen MR) is 49.8 cm³/mol. The van der Waals surface area contributed by atoms with E-state index in [1.54, 1.807) is 0 Å². The van der Waals surface area contributed by atoms with E-state index >= 15 is 0 Å². The van der Waals surface area contributed by atoms with E-state index in [9.17, 15) is 0 Å². The average Bonchev–Trinajstić information content (AvgIpc) is 2.55. The van der Waals surface area contributed by atoms with Gasteiger partial charge < -0.3 is 0 Å². The lowest BCUT2D eigenvalue weighted by Gasteiger charge is -2.37. The van der Waals surface area contributed by atoms with Gasteiger partial charge in [-0.3, -0.25) is 4.90 Å². The lowest BCUT2D eigenvalue weighted by Crippen LogP contribution is -2.43. The molecule has 1 saturated heterocycles. The SMILES string of the molecule is CCC(C)(CC)N1CCCC1. The molecule has 1 rings (SSSR count). The van der Waals surface area contributed by atoms with Crippen LogP contribution in [0.3, 0.4) is 0 Å². The van der Waals surface area contributed by atoms with Crippen molar-refractivity contribution >= 4 is 0 Å². The van der Waals surface area contributed by atoms with Gasteiger partial charge in [-0.15, -0.1) is 0 Å². The Morgan fingerprint density at radius 2 is 1.55 bits per heavy atom. The third-order valence-corrected chi connectivity index (χ3v) is 3.39. The summed E-state index contributed by atoms with van der Waals surface area (Å²) in [6.07, 6.45) is 5.41. The van der Waals surface area contributed by atoms with Crippen molar-refractivity contribution < 1.29 is 0 Å². The molecule has 1 fully saturated rings. The summed E-state index contributed by atoms with van der Waals surface area (Å²) < 4.78 is 0. The molecule has 1 heterocycles. The second-order valence-corrected chi connectivity index (χ2v) is 3.90. The van der Waals surface area contributed by atoms with Crippen LogP contribution < -0.4 is 0 Å². The van der Waals surface area contributed by atoms with Crippen molar-refractivity contribution in [1.29, 1.82) is 0 Å². The fourth-order valence-electron chi connectivity index (χ4n) is 1.95. The number of hydrogen-bond donors (Lipinski definition) is 0. The highest BCUT2D eigenvalue weighted by molar-refractivity contribution is 4.86. The van der Waals surface area contributed by atoms with Crippen LogP contribution in [-0.2, 0) is 0 Å². The first-order valence-corrected chi connectivity index (χ1v) is 4.98. The summed E-state index contributed by atoms with van der Waals surface area (Å²) in [6, 6.07) is 0. The van der Waals surface area contributed by atoms with Crippen LogP contribution in [0.2, 0.25) is 0 Å². The van der Waals surface area contributed by atoms with Gasteiger partial charge in [0.1, 0.15) is 0 Å². The van der Waals surface area contributed by atoms with Gasteiger partial charge in [-0.2, -0.15) is 0 Å². The molecule has 0 aromatic rings. The summed E-state index contributed by atoms with van der Waals surface area (Å²) in [5, 5.41) is 0. The maximum Gasteiger partial charge on any atom is 0.0176 e. The highest BCUT2D eigenvalue weighted by atomic mass is 15.2. The fourth-order valence-corrected chi connectivity index (χ4v) is 1.95. The largest absolute Gasteiger partial charge is 0.298 e. The molecule has 1 heteroatoms. The minimum Gasteiger partial charge on any atom is -0.298 e. The normalized spacial score (nSPS) is 21.0. The minimum absolute atomic E-state index is 0.497. The van der Waals surface area contributed by atoms with Crippen LogP contribution in [0.25, 0.3) is 0 Å². The minimum atomic E-state index is 0.497. The van der Waals surface area contributed by atoms with Crippen molar-refractivity contribution in [3.8, 4) is 0 Å². The monoisotopic (exact) mass is 155 g/mol. The van der Waals surface area contributed by atoms with Gasteiger partial charge in [0, 0.05) is 5.54 Å². The molecule has 0 amide bonds. The van der Waals surface area contributed by atoms with Crippen molar-refractivity contribution in [2.45, 2.75) is 52.0 Å². The topological polar surface area (TPSA) is 3.24 Å². The molecule has 1 aliphatic heterocycles. The smallest absolute Gasteiger partial charge is 0.0176 e. The van der Waals surface area contributed by atoms with Gasteiger partial charge in [0.25, 0.3) is 0 Å². The molecule has 0 aliphatic carbocycles. The van der Waals surface area contributed by atoms with Crippen LogP contribution in [-0.4, -0.2) is 23.5 Å². The summed E-state index contributed by atoms with van der Waals surface area (Å²) in [6.45, 7) is 9.68. The molecule has 0 radical (unpaired) electrons. The van der Waals surface area contributed by atoms with E-state index in [0.29, 0.717) is 5.54 Å². The Morgan fingerprint density at radius 1 is 1.09 bits per heavy atom. The van der Waals surface area contributed by atoms with Crippen LogP contribution in [0, 0.1) is 0 Å². The second kappa shape index (κ2) is 3.57. The Balaban J connectivity index is 2.52. The van der Waals surface area contributed by atoms with Crippen LogP contribution >= 0.6 is 0 Å². The maximum atomic E-state index is 2.66. The Morgan fingerprint density at radius 3 is 1.91 bits per heavy atom. The van der Waals surface area contributed by atoms with Gasteiger partial charge in [0.2, 0.25) is 0 Å². The van der Waals surface area contributed by atoms with Crippen LogP contribution in [0.4, 0.5) is 0 Å². The summed E-state index contributed by atoms with van der Waals surface area (Å²) >= 11 is 0. The Labute approximate surface area is 70.8 Å². The second-order valence-electron chi connectivity index (χ2n) is 3.90. The van der Waals surface area contributed by atoms with Gasteiger partial charge >= 0.3 is 0 Å². The molecule has 0 N–H and O–H groups in total. The Bertz CT molecular complexity index is 110. The first-order chi connectivity index (χ1) is 5.23. The van der Waals surface area contributed by atoms with Crippen molar-refractivity contribution in [1.82, 2.24) is 4.90 Å². The molecular weight excluding hydrogens is 134 g/mol. The molecule has 1 nitrogen and oxygen atoms in total. The summed E-state index contributed by atoms with van der Waals surface area (Å²) in [7, 11) is 0. The predicted octanol–water partition coefficient (Wildman–Crippen LogP) is 2.66. The number of nitrogens with zero attached hydrogens (tertiary/aromatic N) is 1.